The zero-order chi connectivity index (χ0) is 13.4. The van der Waals surface area contributed by atoms with Gasteiger partial charge in [0.25, 0.3) is 5.91 Å². The third kappa shape index (κ3) is 2.13. The highest BCUT2D eigenvalue weighted by Gasteiger charge is 2.37. The number of hydrogen-bond donors (Lipinski definition) is 0. The molecule has 2 heterocycles. The number of hydrogen-bond acceptors (Lipinski definition) is 3. The lowest BCUT2D eigenvalue weighted by Gasteiger charge is -2.23. The van der Waals surface area contributed by atoms with Crippen LogP contribution < -0.4 is 0 Å². The van der Waals surface area contributed by atoms with E-state index in [1.807, 2.05) is 22.9 Å². The van der Waals surface area contributed by atoms with E-state index in [0.29, 0.717) is 24.7 Å². The first-order valence-corrected chi connectivity index (χ1v) is 6.78. The smallest absolute Gasteiger partial charge is 0.328 e. The SMILES string of the molecule is COC(=O)C1CCCN1C(=O)c1cccn1C1CC1. The van der Waals surface area contributed by atoms with E-state index in [1.165, 1.54) is 7.11 Å². The number of ether oxygens (including phenoxy) is 1. The van der Waals surface area contributed by atoms with E-state index in [1.54, 1.807) is 4.90 Å². The fourth-order valence-electron chi connectivity index (χ4n) is 2.78. The number of nitrogens with zero attached hydrogens (tertiary/aromatic N) is 2. The van der Waals surface area contributed by atoms with Crippen LogP contribution in [-0.4, -0.2) is 41.0 Å². The van der Waals surface area contributed by atoms with Crippen LogP contribution in [0.4, 0.5) is 0 Å². The lowest BCUT2D eigenvalue weighted by molar-refractivity contribution is -0.145. The molecule has 0 bridgehead atoms. The highest BCUT2D eigenvalue weighted by Crippen LogP contribution is 2.36. The Morgan fingerprint density at radius 1 is 1.32 bits per heavy atom. The van der Waals surface area contributed by atoms with Gasteiger partial charge >= 0.3 is 5.97 Å². The van der Waals surface area contributed by atoms with Crippen molar-refractivity contribution in [2.24, 2.45) is 0 Å². The first kappa shape index (κ1) is 12.3. The molecule has 0 spiro atoms. The van der Waals surface area contributed by atoms with Crippen molar-refractivity contribution in [1.29, 1.82) is 0 Å². The van der Waals surface area contributed by atoms with Crippen LogP contribution in [0.3, 0.4) is 0 Å². The second-order valence-corrected chi connectivity index (χ2v) is 5.21. The van der Waals surface area contributed by atoms with Gasteiger partial charge in [-0.05, 0) is 37.8 Å². The molecule has 19 heavy (non-hydrogen) atoms. The number of amides is 1. The lowest BCUT2D eigenvalue weighted by atomic mass is 10.2. The van der Waals surface area contributed by atoms with E-state index < -0.39 is 6.04 Å². The third-order valence-corrected chi connectivity index (χ3v) is 3.93. The van der Waals surface area contributed by atoms with Gasteiger partial charge in [0.05, 0.1) is 7.11 Å². The normalized spacial score (nSPS) is 22.6. The van der Waals surface area contributed by atoms with Crippen LogP contribution in [0, 0.1) is 0 Å². The number of carbonyl (C=O) groups excluding carboxylic acids is 2. The van der Waals surface area contributed by atoms with Gasteiger partial charge in [0.15, 0.2) is 0 Å². The molecular formula is C14H18N2O3. The molecule has 1 aromatic heterocycles. The summed E-state index contributed by atoms with van der Waals surface area (Å²) in [5, 5.41) is 0. The Kier molecular flexibility index (Phi) is 3.05. The minimum atomic E-state index is -0.417. The van der Waals surface area contributed by atoms with Crippen molar-refractivity contribution in [3.63, 3.8) is 0 Å². The van der Waals surface area contributed by atoms with Crippen molar-refractivity contribution >= 4 is 11.9 Å². The van der Waals surface area contributed by atoms with E-state index in [0.717, 1.165) is 19.3 Å². The molecule has 5 nitrogen and oxygen atoms in total. The van der Waals surface area contributed by atoms with E-state index in [2.05, 4.69) is 0 Å². The van der Waals surface area contributed by atoms with Gasteiger partial charge in [-0.25, -0.2) is 4.79 Å². The summed E-state index contributed by atoms with van der Waals surface area (Å²) in [4.78, 5) is 25.9. The summed E-state index contributed by atoms with van der Waals surface area (Å²) in [5.74, 6) is -0.361. The van der Waals surface area contributed by atoms with Crippen molar-refractivity contribution in [1.82, 2.24) is 9.47 Å². The summed E-state index contributed by atoms with van der Waals surface area (Å²) in [5.41, 5.74) is 0.693. The predicted molar refractivity (Wildman–Crippen MR) is 68.8 cm³/mol. The van der Waals surface area contributed by atoms with Crippen molar-refractivity contribution in [3.05, 3.63) is 24.0 Å². The average molecular weight is 262 g/mol. The number of methoxy groups -OCH3 is 1. The number of carbonyl (C=O) groups is 2. The van der Waals surface area contributed by atoms with Crippen LogP contribution in [0.1, 0.15) is 42.2 Å². The van der Waals surface area contributed by atoms with Gasteiger partial charge in [0, 0.05) is 18.8 Å². The van der Waals surface area contributed by atoms with Crippen molar-refractivity contribution in [2.45, 2.75) is 37.8 Å². The minimum absolute atomic E-state index is 0.0511. The van der Waals surface area contributed by atoms with E-state index in [4.69, 9.17) is 4.74 Å². The van der Waals surface area contributed by atoms with Gasteiger partial charge in [-0.2, -0.15) is 0 Å². The van der Waals surface area contributed by atoms with Gasteiger partial charge in [0.1, 0.15) is 11.7 Å². The van der Waals surface area contributed by atoms with Crippen LogP contribution in [0.5, 0.6) is 0 Å². The fourth-order valence-corrected chi connectivity index (χ4v) is 2.78. The molecule has 0 N–H and O–H groups in total. The molecular weight excluding hydrogens is 244 g/mol. The monoisotopic (exact) mass is 262 g/mol. The van der Waals surface area contributed by atoms with Crippen LogP contribution in [0.2, 0.25) is 0 Å². The summed E-state index contributed by atoms with van der Waals surface area (Å²) in [7, 11) is 1.37. The zero-order valence-corrected chi connectivity index (χ0v) is 11.0. The molecule has 1 atom stereocenters. The standard InChI is InChI=1S/C14H18N2O3/c1-19-14(18)12-5-3-9-16(12)13(17)11-4-2-8-15(11)10-6-7-10/h2,4,8,10,12H,3,5-7,9H2,1H3. The first-order valence-electron chi connectivity index (χ1n) is 6.78. The molecule has 0 radical (unpaired) electrons. The topological polar surface area (TPSA) is 51.5 Å². The molecule has 1 saturated heterocycles. The number of rotatable bonds is 3. The van der Waals surface area contributed by atoms with E-state index >= 15 is 0 Å². The number of likely N-dealkylation sites (tertiary alicyclic amines) is 1. The van der Waals surface area contributed by atoms with E-state index in [-0.39, 0.29) is 11.9 Å². The maximum Gasteiger partial charge on any atom is 0.328 e. The Hall–Kier alpha value is -1.78. The Morgan fingerprint density at radius 3 is 2.79 bits per heavy atom. The summed E-state index contributed by atoms with van der Waals surface area (Å²) in [6.45, 7) is 0.633. The maximum absolute atomic E-state index is 12.6. The molecule has 1 aromatic rings. The highest BCUT2D eigenvalue weighted by atomic mass is 16.5. The maximum atomic E-state index is 12.6. The molecule has 2 aliphatic rings. The van der Waals surface area contributed by atoms with Crippen LogP contribution in [-0.2, 0) is 9.53 Å². The Labute approximate surface area is 112 Å². The zero-order valence-electron chi connectivity index (χ0n) is 11.0. The van der Waals surface area contributed by atoms with Crippen molar-refractivity contribution in [3.8, 4) is 0 Å². The molecule has 2 fully saturated rings. The molecule has 1 amide bonds. The summed E-state index contributed by atoms with van der Waals surface area (Å²) < 4.78 is 6.82. The predicted octanol–water partition coefficient (Wildman–Crippen LogP) is 1.60. The highest BCUT2D eigenvalue weighted by molar-refractivity contribution is 5.96. The molecule has 1 aliphatic carbocycles. The van der Waals surface area contributed by atoms with Gasteiger partial charge in [0.2, 0.25) is 0 Å². The van der Waals surface area contributed by atoms with E-state index in [9.17, 15) is 9.59 Å². The lowest BCUT2D eigenvalue weighted by Crippen LogP contribution is -2.41. The fraction of sp³-hybridized carbons (Fsp3) is 0.571. The van der Waals surface area contributed by atoms with Crippen molar-refractivity contribution < 1.29 is 14.3 Å². The molecule has 1 unspecified atom stereocenters. The molecule has 3 rings (SSSR count). The molecule has 1 aliphatic heterocycles. The second kappa shape index (κ2) is 4.72. The summed E-state index contributed by atoms with van der Waals surface area (Å²) in [6, 6.07) is 3.79. The Bertz CT molecular complexity index is 505. The Balaban J connectivity index is 1.82. The number of esters is 1. The average Bonchev–Trinajstić information content (AvgIpc) is 2.96. The molecule has 102 valence electrons. The largest absolute Gasteiger partial charge is 0.467 e. The van der Waals surface area contributed by atoms with Crippen LogP contribution >= 0.6 is 0 Å². The first-order chi connectivity index (χ1) is 9.22. The van der Waals surface area contributed by atoms with Gasteiger partial charge in [-0.15, -0.1) is 0 Å². The third-order valence-electron chi connectivity index (χ3n) is 3.93. The van der Waals surface area contributed by atoms with Crippen LogP contribution in [0.25, 0.3) is 0 Å². The molecule has 5 heteroatoms. The van der Waals surface area contributed by atoms with Crippen molar-refractivity contribution in [2.75, 3.05) is 13.7 Å². The second-order valence-electron chi connectivity index (χ2n) is 5.21. The molecule has 0 aromatic carbocycles. The number of aromatic nitrogens is 1. The quantitative estimate of drug-likeness (QED) is 0.777. The van der Waals surface area contributed by atoms with Gasteiger partial charge in [-0.1, -0.05) is 0 Å². The van der Waals surface area contributed by atoms with Gasteiger partial charge in [-0.3, -0.25) is 4.79 Å². The van der Waals surface area contributed by atoms with Crippen LogP contribution in [0.15, 0.2) is 18.3 Å². The Morgan fingerprint density at radius 2 is 2.11 bits per heavy atom. The van der Waals surface area contributed by atoms with Gasteiger partial charge < -0.3 is 14.2 Å². The summed E-state index contributed by atoms with van der Waals surface area (Å²) >= 11 is 0. The molecule has 1 saturated carbocycles. The summed E-state index contributed by atoms with van der Waals surface area (Å²) in [6.07, 6.45) is 5.77. The minimum Gasteiger partial charge on any atom is -0.467 e.